The fourth-order valence-electron chi connectivity index (χ4n) is 14.6. The van der Waals surface area contributed by atoms with E-state index in [1.165, 1.54) is 24.8 Å². The van der Waals surface area contributed by atoms with Crippen molar-refractivity contribution in [1.29, 1.82) is 0 Å². The van der Waals surface area contributed by atoms with Crippen LogP contribution in [0.4, 0.5) is 0 Å². The first-order valence-corrected chi connectivity index (χ1v) is 22.0. The molecule has 8 heteroatoms. The van der Waals surface area contributed by atoms with Gasteiger partial charge in [0.15, 0.2) is 5.78 Å². The minimum absolute atomic E-state index is 0.0390. The third kappa shape index (κ3) is 6.79. The van der Waals surface area contributed by atoms with Gasteiger partial charge in [-0.3, -0.25) is 19.2 Å². The normalized spacial score (nSPS) is 38.5. The molecule has 1 aromatic rings. The Morgan fingerprint density at radius 1 is 0.893 bits per heavy atom. The minimum Gasteiger partial charge on any atom is -0.491 e. The van der Waals surface area contributed by atoms with Crippen molar-refractivity contribution in [3.8, 4) is 5.75 Å². The van der Waals surface area contributed by atoms with Crippen molar-refractivity contribution in [2.75, 3.05) is 26.9 Å². The second-order valence-corrected chi connectivity index (χ2v) is 20.6. The molecule has 0 radical (unpaired) electrons. The van der Waals surface area contributed by atoms with Gasteiger partial charge in [-0.25, -0.2) is 0 Å². The highest BCUT2D eigenvalue weighted by Crippen LogP contribution is 2.74. The smallest absolute Gasteiger partial charge is 0.306 e. The number of carbonyl (C=O) groups is 4. The van der Waals surface area contributed by atoms with E-state index in [4.69, 9.17) is 9.47 Å². The van der Waals surface area contributed by atoms with Crippen LogP contribution in [0.25, 0.3) is 0 Å². The van der Waals surface area contributed by atoms with Crippen LogP contribution in [-0.2, 0) is 19.1 Å². The van der Waals surface area contributed by atoms with E-state index >= 15 is 0 Å². The van der Waals surface area contributed by atoms with Gasteiger partial charge in [-0.05, 0) is 152 Å². The molecule has 1 aromatic carbocycles. The number of nitrogens with one attached hydrogen (secondary N) is 1. The van der Waals surface area contributed by atoms with E-state index in [0.29, 0.717) is 91.5 Å². The van der Waals surface area contributed by atoms with Crippen molar-refractivity contribution in [2.24, 2.45) is 74.9 Å². The Hall–Kier alpha value is -3.00. The Bertz CT molecular complexity index is 1730. The summed E-state index contributed by atoms with van der Waals surface area (Å²) < 4.78 is 10.7. The summed E-state index contributed by atoms with van der Waals surface area (Å²) in [6.07, 6.45) is 11.5. The monoisotopic (exact) mass is 772 g/mol. The molecule has 1 amide bonds. The Morgan fingerprint density at radius 3 is 2.27 bits per heavy atom. The number of ether oxygens (including phenoxy) is 2. The molecule has 56 heavy (non-hydrogen) atoms. The number of hydrogen-bond donors (Lipinski definition) is 2. The number of ketones is 2. The SMILES string of the molecule is COCCOc1ccc(C(=O)NCCC23CCC4C(CCC5C4(C)CCC4C(C)(C)C(CC(=O)C6CC(C(=O)O)C6C)CCC45C)C2=C(C(C)C)C(=O)C3)cc1. The summed E-state index contributed by atoms with van der Waals surface area (Å²) in [4.78, 5) is 52.5. The molecule has 8 nitrogen and oxygen atoms in total. The number of methoxy groups -OCH3 is 1. The van der Waals surface area contributed by atoms with Gasteiger partial charge >= 0.3 is 5.97 Å². The van der Waals surface area contributed by atoms with E-state index in [1.54, 1.807) is 19.2 Å². The number of hydrogen-bond acceptors (Lipinski definition) is 6. The van der Waals surface area contributed by atoms with Gasteiger partial charge in [0.2, 0.25) is 0 Å². The molecule has 5 fully saturated rings. The van der Waals surface area contributed by atoms with Crippen LogP contribution in [0, 0.1) is 74.9 Å². The number of carboxylic acids is 1. The maximum Gasteiger partial charge on any atom is 0.306 e. The lowest BCUT2D eigenvalue weighted by Gasteiger charge is -2.69. The summed E-state index contributed by atoms with van der Waals surface area (Å²) in [5.74, 6) is 2.58. The number of carboxylic acid groups (broad SMARTS) is 1. The first-order chi connectivity index (χ1) is 26.5. The zero-order chi connectivity index (χ0) is 40.4. The van der Waals surface area contributed by atoms with E-state index in [2.05, 4.69) is 46.9 Å². The molecular formula is C48H69NO7. The molecule has 11 atom stereocenters. The van der Waals surface area contributed by atoms with Gasteiger partial charge in [0, 0.05) is 43.4 Å². The van der Waals surface area contributed by atoms with E-state index in [9.17, 15) is 24.3 Å². The van der Waals surface area contributed by atoms with Crippen molar-refractivity contribution in [3.05, 3.63) is 41.0 Å². The molecule has 0 aliphatic heterocycles. The average molecular weight is 772 g/mol. The number of amides is 1. The van der Waals surface area contributed by atoms with Crippen LogP contribution in [0.2, 0.25) is 0 Å². The third-order valence-electron chi connectivity index (χ3n) is 17.5. The Kier molecular flexibility index (Phi) is 11.3. The first-order valence-electron chi connectivity index (χ1n) is 22.0. The van der Waals surface area contributed by atoms with Crippen LogP contribution < -0.4 is 10.1 Å². The zero-order valence-corrected chi connectivity index (χ0v) is 35.5. The van der Waals surface area contributed by atoms with Crippen LogP contribution in [0.1, 0.15) is 136 Å². The highest BCUT2D eigenvalue weighted by Gasteiger charge is 2.66. The van der Waals surface area contributed by atoms with Gasteiger partial charge in [0.25, 0.3) is 5.91 Å². The van der Waals surface area contributed by atoms with Crippen LogP contribution in [0.15, 0.2) is 35.4 Å². The first kappa shape index (κ1) is 41.2. The van der Waals surface area contributed by atoms with E-state index < -0.39 is 5.97 Å². The Balaban J connectivity index is 1.05. The molecule has 0 heterocycles. The minimum atomic E-state index is -0.762. The lowest BCUT2D eigenvalue weighted by Crippen LogP contribution is -2.62. The topological polar surface area (TPSA) is 119 Å². The largest absolute Gasteiger partial charge is 0.491 e. The molecule has 0 saturated heterocycles. The molecule has 308 valence electrons. The predicted octanol–water partition coefficient (Wildman–Crippen LogP) is 9.35. The number of fused-ring (bicyclic) bond motifs is 7. The van der Waals surface area contributed by atoms with Crippen molar-refractivity contribution >= 4 is 23.4 Å². The lowest BCUT2D eigenvalue weighted by atomic mass is 9.35. The third-order valence-corrected chi connectivity index (χ3v) is 17.5. The quantitative estimate of drug-likeness (QED) is 0.192. The van der Waals surface area contributed by atoms with Crippen LogP contribution in [-0.4, -0.2) is 55.4 Å². The highest BCUT2D eigenvalue weighted by molar-refractivity contribution is 6.00. The second kappa shape index (κ2) is 15.3. The number of aliphatic carboxylic acids is 1. The zero-order valence-electron chi connectivity index (χ0n) is 35.5. The van der Waals surface area contributed by atoms with E-state index in [0.717, 1.165) is 44.1 Å². The van der Waals surface area contributed by atoms with E-state index in [-0.39, 0.29) is 51.2 Å². The van der Waals surface area contributed by atoms with Gasteiger partial charge in [-0.2, -0.15) is 0 Å². The molecule has 0 spiro atoms. The number of allylic oxidation sites excluding steroid dienone is 2. The van der Waals surface area contributed by atoms with Crippen LogP contribution in [0.3, 0.4) is 0 Å². The van der Waals surface area contributed by atoms with Crippen molar-refractivity contribution in [2.45, 2.75) is 126 Å². The van der Waals surface area contributed by atoms with Crippen molar-refractivity contribution < 1.29 is 33.8 Å². The van der Waals surface area contributed by atoms with Gasteiger partial charge in [0.05, 0.1) is 12.5 Å². The lowest BCUT2D eigenvalue weighted by molar-refractivity contribution is -0.193. The number of carbonyl (C=O) groups excluding carboxylic acids is 3. The fourth-order valence-corrected chi connectivity index (χ4v) is 14.6. The molecule has 2 N–H and O–H groups in total. The Labute approximate surface area is 335 Å². The molecule has 5 saturated carbocycles. The fraction of sp³-hybridized carbons (Fsp3) is 0.750. The van der Waals surface area contributed by atoms with E-state index in [1.807, 2.05) is 19.1 Å². The molecule has 11 unspecified atom stereocenters. The number of rotatable bonds is 13. The molecule has 6 aliphatic rings. The predicted molar refractivity (Wildman–Crippen MR) is 217 cm³/mol. The molecule has 7 rings (SSSR count). The maximum atomic E-state index is 14.0. The second-order valence-electron chi connectivity index (χ2n) is 20.6. The summed E-state index contributed by atoms with van der Waals surface area (Å²) in [5.41, 5.74) is 3.42. The molecule has 0 bridgehead atoms. The van der Waals surface area contributed by atoms with Gasteiger partial charge < -0.3 is 19.9 Å². The van der Waals surface area contributed by atoms with Crippen molar-refractivity contribution in [3.63, 3.8) is 0 Å². The highest BCUT2D eigenvalue weighted by atomic mass is 16.5. The van der Waals surface area contributed by atoms with Gasteiger partial charge in [0.1, 0.15) is 18.1 Å². The van der Waals surface area contributed by atoms with Crippen LogP contribution >= 0.6 is 0 Å². The van der Waals surface area contributed by atoms with Crippen LogP contribution in [0.5, 0.6) is 5.75 Å². The number of benzene rings is 1. The van der Waals surface area contributed by atoms with Gasteiger partial charge in [-0.1, -0.05) is 54.0 Å². The molecule has 6 aliphatic carbocycles. The summed E-state index contributed by atoms with van der Waals surface area (Å²) in [5, 5.41) is 12.7. The average Bonchev–Trinajstić information content (AvgIpc) is 3.44. The standard InChI is InChI=1S/C48H69NO7/c1-28(2)41-38(51)27-48(21-22-49-43(52)30-9-11-32(12-10-30)56-24-23-55-8)20-16-36-33(42(41)48)13-14-40-46(36,6)19-17-39-45(4,5)31(15-18-47(39,40)7)25-37(50)34-26-35(29(34)3)44(53)54/h9-12,28-29,31,33-36,39-40H,13-27H2,1-8H3,(H,49,52)(H,53,54). The van der Waals surface area contributed by atoms with Crippen molar-refractivity contribution in [1.82, 2.24) is 5.32 Å². The molecule has 0 aromatic heterocycles. The summed E-state index contributed by atoms with van der Waals surface area (Å²) in [7, 11) is 1.64. The van der Waals surface area contributed by atoms with Gasteiger partial charge in [-0.15, -0.1) is 0 Å². The maximum absolute atomic E-state index is 14.0. The Morgan fingerprint density at radius 2 is 1.61 bits per heavy atom. The summed E-state index contributed by atoms with van der Waals surface area (Å²) >= 11 is 0. The molecular weight excluding hydrogens is 703 g/mol. The number of Topliss-reactive ketones (excluding diaryl/α,β-unsaturated/α-hetero) is 2. The summed E-state index contributed by atoms with van der Waals surface area (Å²) in [6, 6.07) is 7.25. The summed E-state index contributed by atoms with van der Waals surface area (Å²) in [6.45, 7) is 18.0.